The number of hydrogen-bond acceptors (Lipinski definition) is 3. The summed E-state index contributed by atoms with van der Waals surface area (Å²) in [5.41, 5.74) is -0.852. The van der Waals surface area contributed by atoms with E-state index < -0.39 is 28.0 Å². The van der Waals surface area contributed by atoms with E-state index >= 15 is 0 Å². The third-order valence-corrected chi connectivity index (χ3v) is 6.44. The molecule has 1 aliphatic heterocycles. The number of amides is 1. The molecule has 0 aromatic heterocycles. The largest absolute Gasteiger partial charge is 0.350 e. The molecule has 26 heavy (non-hydrogen) atoms. The van der Waals surface area contributed by atoms with Gasteiger partial charge in [-0.1, -0.05) is 24.1 Å². The number of rotatable bonds is 4. The standard InChI is InChI=1S/C17H23ClF2N2O3S/c1-17(2,3)21-16(23)13-6-4-5-9-22(13)26(24,25)14-8-7-11(15(19)20)10-12(14)18/h7-8,10,13,15H,4-6,9H2,1-3H3,(H,21,23). The minimum Gasteiger partial charge on any atom is -0.350 e. The molecule has 0 aliphatic carbocycles. The first-order valence-corrected chi connectivity index (χ1v) is 10.2. The van der Waals surface area contributed by atoms with Crippen LogP contribution >= 0.6 is 11.6 Å². The van der Waals surface area contributed by atoms with Crippen LogP contribution in [0.15, 0.2) is 23.1 Å². The summed E-state index contributed by atoms with van der Waals surface area (Å²) in [4.78, 5) is 12.3. The number of alkyl halides is 2. The number of nitrogens with one attached hydrogen (secondary N) is 1. The van der Waals surface area contributed by atoms with E-state index in [0.717, 1.165) is 28.9 Å². The molecule has 1 heterocycles. The molecule has 1 atom stereocenters. The van der Waals surface area contributed by atoms with Crippen LogP contribution in [0.5, 0.6) is 0 Å². The van der Waals surface area contributed by atoms with Crippen molar-refractivity contribution in [1.82, 2.24) is 9.62 Å². The maximum absolute atomic E-state index is 13.0. The maximum atomic E-state index is 13.0. The van der Waals surface area contributed by atoms with E-state index in [4.69, 9.17) is 11.6 Å². The van der Waals surface area contributed by atoms with E-state index in [9.17, 15) is 22.0 Å². The molecule has 9 heteroatoms. The van der Waals surface area contributed by atoms with Crippen LogP contribution < -0.4 is 5.32 Å². The van der Waals surface area contributed by atoms with Gasteiger partial charge in [-0.05, 0) is 45.7 Å². The lowest BCUT2D eigenvalue weighted by atomic mass is 10.0. The highest BCUT2D eigenvalue weighted by molar-refractivity contribution is 7.89. The summed E-state index contributed by atoms with van der Waals surface area (Å²) in [7, 11) is -4.09. The van der Waals surface area contributed by atoms with Crippen molar-refractivity contribution in [2.24, 2.45) is 0 Å². The van der Waals surface area contributed by atoms with Crippen molar-refractivity contribution in [2.45, 2.75) is 62.9 Å². The third kappa shape index (κ3) is 4.72. The maximum Gasteiger partial charge on any atom is 0.263 e. The molecule has 0 spiro atoms. The molecule has 0 radical (unpaired) electrons. The Kier molecular flexibility index (Phi) is 6.30. The highest BCUT2D eigenvalue weighted by Gasteiger charge is 2.39. The Morgan fingerprint density at radius 1 is 1.31 bits per heavy atom. The Hall–Kier alpha value is -1.25. The van der Waals surface area contributed by atoms with Crippen molar-refractivity contribution >= 4 is 27.5 Å². The van der Waals surface area contributed by atoms with Crippen LogP contribution in [0.1, 0.15) is 52.0 Å². The molecule has 1 saturated heterocycles. The van der Waals surface area contributed by atoms with Gasteiger partial charge < -0.3 is 5.32 Å². The average molecular weight is 409 g/mol. The molecule has 0 saturated carbocycles. The van der Waals surface area contributed by atoms with Gasteiger partial charge in [-0.25, -0.2) is 17.2 Å². The Balaban J connectivity index is 2.37. The van der Waals surface area contributed by atoms with E-state index in [0.29, 0.717) is 12.8 Å². The molecule has 1 N–H and O–H groups in total. The van der Waals surface area contributed by atoms with E-state index in [2.05, 4.69) is 5.32 Å². The predicted molar refractivity (Wildman–Crippen MR) is 95.8 cm³/mol. The smallest absolute Gasteiger partial charge is 0.263 e. The molecule has 1 aliphatic rings. The van der Waals surface area contributed by atoms with E-state index in [1.807, 2.05) is 20.8 Å². The summed E-state index contributed by atoms with van der Waals surface area (Å²) in [5.74, 6) is -0.374. The lowest BCUT2D eigenvalue weighted by Crippen LogP contribution is -2.55. The fourth-order valence-corrected chi connectivity index (χ4v) is 5.08. The molecule has 1 amide bonds. The van der Waals surface area contributed by atoms with Gasteiger partial charge in [0.05, 0.1) is 5.02 Å². The lowest BCUT2D eigenvalue weighted by Gasteiger charge is -2.35. The van der Waals surface area contributed by atoms with Gasteiger partial charge >= 0.3 is 0 Å². The van der Waals surface area contributed by atoms with Crippen molar-refractivity contribution in [3.8, 4) is 0 Å². The van der Waals surface area contributed by atoms with Crippen molar-refractivity contribution in [3.05, 3.63) is 28.8 Å². The Labute approximate surface area is 157 Å². The summed E-state index contributed by atoms with van der Waals surface area (Å²) < 4.78 is 52.8. The average Bonchev–Trinajstić information content (AvgIpc) is 2.52. The molecular weight excluding hydrogens is 386 g/mol. The fourth-order valence-electron chi connectivity index (χ4n) is 2.90. The van der Waals surface area contributed by atoms with Crippen molar-refractivity contribution in [1.29, 1.82) is 0 Å². The van der Waals surface area contributed by atoms with Crippen LogP contribution in [-0.2, 0) is 14.8 Å². The number of carbonyl (C=O) groups is 1. The number of piperidine rings is 1. The van der Waals surface area contributed by atoms with E-state index in [1.165, 1.54) is 0 Å². The van der Waals surface area contributed by atoms with Gasteiger partial charge in [-0.15, -0.1) is 0 Å². The van der Waals surface area contributed by atoms with Crippen molar-refractivity contribution in [3.63, 3.8) is 0 Å². The van der Waals surface area contributed by atoms with Gasteiger partial charge in [-0.3, -0.25) is 4.79 Å². The highest BCUT2D eigenvalue weighted by Crippen LogP contribution is 2.32. The van der Waals surface area contributed by atoms with Gasteiger partial charge in [-0.2, -0.15) is 4.31 Å². The predicted octanol–water partition coefficient (Wildman–Crippen LogP) is 3.74. The Morgan fingerprint density at radius 3 is 2.50 bits per heavy atom. The molecule has 1 aromatic rings. The second kappa shape index (κ2) is 7.78. The number of carbonyl (C=O) groups excluding carboxylic acids is 1. The number of halogens is 3. The van der Waals surface area contributed by atoms with E-state index in [-0.39, 0.29) is 27.9 Å². The van der Waals surface area contributed by atoms with Crippen molar-refractivity contribution < 1.29 is 22.0 Å². The quantitative estimate of drug-likeness (QED) is 0.825. The molecular formula is C17H23ClF2N2O3S. The molecule has 2 rings (SSSR count). The summed E-state index contributed by atoms with van der Waals surface area (Å²) in [6.45, 7) is 5.61. The first-order chi connectivity index (χ1) is 11.9. The summed E-state index contributed by atoms with van der Waals surface area (Å²) >= 11 is 5.97. The second-order valence-electron chi connectivity index (χ2n) is 7.36. The number of nitrogens with zero attached hydrogens (tertiary/aromatic N) is 1. The third-order valence-electron chi connectivity index (χ3n) is 4.05. The van der Waals surface area contributed by atoms with Crippen LogP contribution in [0.3, 0.4) is 0 Å². The topological polar surface area (TPSA) is 66.5 Å². The fraction of sp³-hybridized carbons (Fsp3) is 0.588. The monoisotopic (exact) mass is 408 g/mol. The Morgan fingerprint density at radius 2 is 1.96 bits per heavy atom. The normalized spacial score (nSPS) is 19.6. The van der Waals surface area contributed by atoms with Gasteiger partial charge in [0, 0.05) is 17.6 Å². The zero-order chi connectivity index (χ0) is 19.7. The summed E-state index contributed by atoms with van der Waals surface area (Å²) in [6, 6.07) is 2.22. The Bertz CT molecular complexity index is 779. The molecule has 5 nitrogen and oxygen atoms in total. The summed E-state index contributed by atoms with van der Waals surface area (Å²) in [5, 5.41) is 2.53. The molecule has 1 fully saturated rings. The lowest BCUT2D eigenvalue weighted by molar-refractivity contribution is -0.127. The highest BCUT2D eigenvalue weighted by atomic mass is 35.5. The zero-order valence-corrected chi connectivity index (χ0v) is 16.5. The van der Waals surface area contributed by atoms with Gasteiger partial charge in [0.25, 0.3) is 6.43 Å². The van der Waals surface area contributed by atoms with Gasteiger partial charge in [0.1, 0.15) is 10.9 Å². The van der Waals surface area contributed by atoms with Crippen LogP contribution in [0.4, 0.5) is 8.78 Å². The molecule has 146 valence electrons. The van der Waals surface area contributed by atoms with Crippen LogP contribution in [0, 0.1) is 0 Å². The summed E-state index contributed by atoms with van der Waals surface area (Å²) in [6.07, 6.45) is -1.00. The second-order valence-corrected chi connectivity index (χ2v) is 9.62. The number of hydrogen-bond donors (Lipinski definition) is 1. The molecule has 1 unspecified atom stereocenters. The molecule has 1 aromatic carbocycles. The van der Waals surface area contributed by atoms with Crippen LogP contribution in [0.25, 0.3) is 0 Å². The zero-order valence-electron chi connectivity index (χ0n) is 14.9. The van der Waals surface area contributed by atoms with Gasteiger partial charge in [0.15, 0.2) is 0 Å². The number of benzene rings is 1. The SMILES string of the molecule is CC(C)(C)NC(=O)C1CCCCN1S(=O)(=O)c1ccc(C(F)F)cc1Cl. The first-order valence-electron chi connectivity index (χ1n) is 8.35. The minimum atomic E-state index is -4.09. The van der Waals surface area contributed by atoms with Crippen LogP contribution in [0.2, 0.25) is 5.02 Å². The minimum absolute atomic E-state index is 0.178. The van der Waals surface area contributed by atoms with E-state index in [1.54, 1.807) is 0 Å². The number of sulfonamides is 1. The van der Waals surface area contributed by atoms with Gasteiger partial charge in [0.2, 0.25) is 15.9 Å². The first kappa shape index (κ1) is 21.1. The van der Waals surface area contributed by atoms with Crippen LogP contribution in [-0.4, -0.2) is 36.8 Å². The molecule has 0 bridgehead atoms. The van der Waals surface area contributed by atoms with Crippen molar-refractivity contribution in [2.75, 3.05) is 6.54 Å².